The maximum Gasteiger partial charge on any atom is 0.416 e. The number of rotatable bonds is 3. The number of hydrogen-bond acceptors (Lipinski definition) is 2. The number of benzene rings is 1. The first kappa shape index (κ1) is 17.6. The van der Waals surface area contributed by atoms with Gasteiger partial charge in [0.2, 0.25) is 0 Å². The van der Waals surface area contributed by atoms with Gasteiger partial charge in [-0.2, -0.15) is 26.3 Å². The van der Waals surface area contributed by atoms with E-state index in [-0.39, 0.29) is 5.56 Å². The molecule has 9 heteroatoms. The molecule has 2 rings (SSSR count). The van der Waals surface area contributed by atoms with E-state index in [0.29, 0.717) is 6.07 Å². The average Bonchev–Trinajstić information content (AvgIpc) is 2.70. The number of alkyl halides is 6. The Kier molecular flexibility index (Phi) is 4.13. The van der Waals surface area contributed by atoms with Crippen LogP contribution in [-0.4, -0.2) is 23.8 Å². The molecule has 0 spiro atoms. The molecule has 1 aromatic carbocycles. The van der Waals surface area contributed by atoms with Crippen LogP contribution in [-0.2, 0) is 17.4 Å². The molecule has 1 aromatic rings. The smallest absolute Gasteiger partial charge is 0.416 e. The molecular formula is C14H13F6NO2. The van der Waals surface area contributed by atoms with Gasteiger partial charge in [0.1, 0.15) is 0 Å². The molecule has 0 fully saturated rings. The van der Waals surface area contributed by atoms with Gasteiger partial charge in [-0.05, 0) is 30.2 Å². The van der Waals surface area contributed by atoms with Crippen molar-refractivity contribution < 1.29 is 36.2 Å². The lowest BCUT2D eigenvalue weighted by atomic mass is 9.72. The number of carbonyl (C=O) groups is 1. The average molecular weight is 341 g/mol. The van der Waals surface area contributed by atoms with Crippen molar-refractivity contribution in [2.45, 2.75) is 31.1 Å². The Balaban J connectivity index is 2.72. The number of halogens is 6. The second-order valence-electron chi connectivity index (χ2n) is 5.66. The zero-order valence-electron chi connectivity index (χ0n) is 11.6. The van der Waals surface area contributed by atoms with Gasteiger partial charge in [-0.1, -0.05) is 12.1 Å². The molecule has 0 saturated heterocycles. The summed E-state index contributed by atoms with van der Waals surface area (Å²) < 4.78 is 79.9. The molecule has 0 radical (unpaired) electrons. The summed E-state index contributed by atoms with van der Waals surface area (Å²) in [6.45, 7) is -0.685. The molecule has 1 aliphatic carbocycles. The third kappa shape index (κ3) is 3.01. The van der Waals surface area contributed by atoms with Crippen LogP contribution in [0.25, 0.3) is 0 Å². The summed E-state index contributed by atoms with van der Waals surface area (Å²) in [5.74, 6) is -4.10. The Hall–Kier alpha value is -1.77. The quantitative estimate of drug-likeness (QED) is 0.829. The van der Waals surface area contributed by atoms with E-state index >= 15 is 0 Å². The maximum absolute atomic E-state index is 13.5. The van der Waals surface area contributed by atoms with E-state index < -0.39 is 60.2 Å². The Morgan fingerprint density at radius 3 is 2.30 bits per heavy atom. The molecule has 3 nitrogen and oxygen atoms in total. The van der Waals surface area contributed by atoms with Gasteiger partial charge in [0.15, 0.2) is 0 Å². The van der Waals surface area contributed by atoms with Crippen molar-refractivity contribution >= 4 is 5.97 Å². The van der Waals surface area contributed by atoms with Crippen LogP contribution in [0.1, 0.15) is 29.0 Å². The SMILES string of the molecule is NCC1(CC(=O)O)Cc2cccc(C(F)(F)F)c2C1C(F)(F)F. The highest BCUT2D eigenvalue weighted by Crippen LogP contribution is 2.58. The highest BCUT2D eigenvalue weighted by Gasteiger charge is 2.60. The minimum Gasteiger partial charge on any atom is -0.481 e. The van der Waals surface area contributed by atoms with E-state index in [1.165, 1.54) is 0 Å². The highest BCUT2D eigenvalue weighted by molar-refractivity contribution is 5.69. The van der Waals surface area contributed by atoms with Gasteiger partial charge >= 0.3 is 18.3 Å². The van der Waals surface area contributed by atoms with Crippen LogP contribution in [0.15, 0.2) is 18.2 Å². The van der Waals surface area contributed by atoms with Gasteiger partial charge < -0.3 is 10.8 Å². The van der Waals surface area contributed by atoms with Crippen LogP contribution < -0.4 is 5.73 Å². The minimum atomic E-state index is -5.04. The molecule has 2 unspecified atom stereocenters. The molecule has 1 aliphatic rings. The fourth-order valence-corrected chi connectivity index (χ4v) is 3.38. The Labute approximate surface area is 127 Å². The van der Waals surface area contributed by atoms with Crippen LogP contribution in [0.5, 0.6) is 0 Å². The van der Waals surface area contributed by atoms with E-state index in [2.05, 4.69) is 0 Å². The van der Waals surface area contributed by atoms with Crippen LogP contribution >= 0.6 is 0 Å². The molecule has 0 amide bonds. The predicted octanol–water partition coefficient (Wildman–Crippen LogP) is 3.33. The molecule has 0 heterocycles. The van der Waals surface area contributed by atoms with Gasteiger partial charge in [0.05, 0.1) is 17.9 Å². The Bertz CT molecular complexity index is 625. The molecule has 128 valence electrons. The van der Waals surface area contributed by atoms with Crippen LogP contribution in [0.4, 0.5) is 26.3 Å². The Morgan fingerprint density at radius 2 is 1.87 bits per heavy atom. The minimum absolute atomic E-state index is 0.158. The van der Waals surface area contributed by atoms with Crippen molar-refractivity contribution in [3.8, 4) is 0 Å². The number of nitrogens with two attached hydrogens (primary N) is 1. The Morgan fingerprint density at radius 1 is 1.26 bits per heavy atom. The molecule has 0 bridgehead atoms. The summed E-state index contributed by atoms with van der Waals surface area (Å²) in [5.41, 5.74) is 0.925. The number of aliphatic carboxylic acids is 1. The first-order chi connectivity index (χ1) is 10.4. The summed E-state index contributed by atoms with van der Waals surface area (Å²) in [4.78, 5) is 11.0. The normalized spacial score (nSPS) is 24.6. The summed E-state index contributed by atoms with van der Waals surface area (Å²) in [5, 5.41) is 8.92. The topological polar surface area (TPSA) is 63.3 Å². The maximum atomic E-state index is 13.5. The van der Waals surface area contributed by atoms with Gasteiger partial charge in [0.25, 0.3) is 0 Å². The molecule has 0 aromatic heterocycles. The lowest BCUT2D eigenvalue weighted by Crippen LogP contribution is -2.43. The third-order valence-electron chi connectivity index (χ3n) is 4.18. The van der Waals surface area contributed by atoms with Crippen molar-refractivity contribution in [2.24, 2.45) is 11.1 Å². The summed E-state index contributed by atoms with van der Waals surface area (Å²) in [6.07, 6.45) is -11.4. The second-order valence-corrected chi connectivity index (χ2v) is 5.66. The zero-order chi connectivity index (χ0) is 17.6. The van der Waals surface area contributed by atoms with Crippen LogP contribution in [0.3, 0.4) is 0 Å². The first-order valence-corrected chi connectivity index (χ1v) is 6.60. The molecular weight excluding hydrogens is 328 g/mol. The van der Waals surface area contributed by atoms with Crippen LogP contribution in [0, 0.1) is 5.41 Å². The number of carboxylic acid groups (broad SMARTS) is 1. The fraction of sp³-hybridized carbons (Fsp3) is 0.500. The molecule has 0 aliphatic heterocycles. The van der Waals surface area contributed by atoms with Crippen molar-refractivity contribution in [3.05, 3.63) is 34.9 Å². The molecule has 0 saturated carbocycles. The van der Waals surface area contributed by atoms with E-state index in [1.54, 1.807) is 0 Å². The van der Waals surface area contributed by atoms with Crippen molar-refractivity contribution in [1.29, 1.82) is 0 Å². The molecule has 3 N–H and O–H groups in total. The fourth-order valence-electron chi connectivity index (χ4n) is 3.38. The van der Waals surface area contributed by atoms with Gasteiger partial charge in [-0.3, -0.25) is 4.79 Å². The van der Waals surface area contributed by atoms with Crippen molar-refractivity contribution in [1.82, 2.24) is 0 Å². The lowest BCUT2D eigenvalue weighted by Gasteiger charge is -2.35. The summed E-state index contributed by atoms with van der Waals surface area (Å²) in [7, 11) is 0. The van der Waals surface area contributed by atoms with Gasteiger partial charge in [-0.25, -0.2) is 0 Å². The van der Waals surface area contributed by atoms with E-state index in [1.807, 2.05) is 0 Å². The van der Waals surface area contributed by atoms with E-state index in [9.17, 15) is 31.1 Å². The summed E-state index contributed by atoms with van der Waals surface area (Å²) >= 11 is 0. The zero-order valence-corrected chi connectivity index (χ0v) is 11.6. The largest absolute Gasteiger partial charge is 0.481 e. The summed E-state index contributed by atoms with van der Waals surface area (Å²) in [6, 6.07) is 2.75. The van der Waals surface area contributed by atoms with Gasteiger partial charge in [0, 0.05) is 5.41 Å². The lowest BCUT2D eigenvalue weighted by molar-refractivity contribution is -0.179. The molecule has 2 atom stereocenters. The van der Waals surface area contributed by atoms with Crippen molar-refractivity contribution in [2.75, 3.05) is 6.54 Å². The van der Waals surface area contributed by atoms with Crippen molar-refractivity contribution in [3.63, 3.8) is 0 Å². The highest BCUT2D eigenvalue weighted by atomic mass is 19.4. The second kappa shape index (κ2) is 5.40. The van der Waals surface area contributed by atoms with Crippen LogP contribution in [0.2, 0.25) is 0 Å². The number of fused-ring (bicyclic) bond motifs is 1. The van der Waals surface area contributed by atoms with Gasteiger partial charge in [-0.15, -0.1) is 0 Å². The third-order valence-corrected chi connectivity index (χ3v) is 4.18. The standard InChI is InChI=1S/C14H13F6NO2/c15-13(16,17)8-3-1-2-7-4-12(6-21,5-9(22)23)11(10(7)8)14(18,19)20/h1-3,11H,4-6,21H2,(H,22,23). The van der Waals surface area contributed by atoms with E-state index in [0.717, 1.165) is 12.1 Å². The predicted molar refractivity (Wildman–Crippen MR) is 67.7 cm³/mol. The molecule has 23 heavy (non-hydrogen) atoms. The van der Waals surface area contributed by atoms with E-state index in [4.69, 9.17) is 10.8 Å². The monoisotopic (exact) mass is 341 g/mol. The number of hydrogen-bond donors (Lipinski definition) is 2. The first-order valence-electron chi connectivity index (χ1n) is 6.60. The number of carboxylic acids is 1.